The summed E-state index contributed by atoms with van der Waals surface area (Å²) in [6, 6.07) is 6.89. The number of hydrogen-bond donors (Lipinski definition) is 1. The maximum Gasteiger partial charge on any atom is 0.248 e. The number of benzene rings is 1. The quantitative estimate of drug-likeness (QED) is 0.842. The van der Waals surface area contributed by atoms with Crippen molar-refractivity contribution in [1.82, 2.24) is 4.47 Å². The van der Waals surface area contributed by atoms with Crippen LogP contribution in [-0.4, -0.2) is 38.2 Å². The highest BCUT2D eigenvalue weighted by Gasteiger charge is 2.32. The average molecular weight is 270 g/mol. The van der Waals surface area contributed by atoms with Gasteiger partial charge in [0, 0.05) is 18.0 Å². The minimum Gasteiger partial charge on any atom is -0.366 e. The Morgan fingerprint density at radius 2 is 2.11 bits per heavy atom. The Bertz CT molecular complexity index is 570. The van der Waals surface area contributed by atoms with Crippen LogP contribution in [0.25, 0.3) is 0 Å². The molecule has 0 radical (unpaired) electrons. The molecule has 1 atom stereocenters. The van der Waals surface area contributed by atoms with Crippen LogP contribution in [-0.2, 0) is 14.9 Å². The Labute approximate surface area is 105 Å². The highest BCUT2D eigenvalue weighted by atomic mass is 32.2. The van der Waals surface area contributed by atoms with Crippen LogP contribution in [0.1, 0.15) is 21.8 Å². The molecule has 1 amide bonds. The molecule has 98 valence electrons. The summed E-state index contributed by atoms with van der Waals surface area (Å²) in [5.74, 6) is -0.702. The molecule has 1 aliphatic rings. The molecule has 1 aromatic carbocycles. The molecule has 0 unspecified atom stereocenters. The van der Waals surface area contributed by atoms with Gasteiger partial charge >= 0.3 is 0 Å². The van der Waals surface area contributed by atoms with Gasteiger partial charge in [-0.2, -0.15) is 0 Å². The lowest BCUT2D eigenvalue weighted by Crippen LogP contribution is -2.26. The van der Waals surface area contributed by atoms with Crippen LogP contribution >= 0.6 is 0 Å². The number of nitrogens with two attached hydrogens (primary N) is 1. The third-order valence-electron chi connectivity index (χ3n) is 2.83. The number of hydroxylamine groups is 1. The Balaban J connectivity index is 2.27. The molecular formula is C11H14N2O4S. The van der Waals surface area contributed by atoms with Crippen molar-refractivity contribution in [3.8, 4) is 0 Å². The summed E-state index contributed by atoms with van der Waals surface area (Å²) in [4.78, 5) is 16.4. The van der Waals surface area contributed by atoms with Gasteiger partial charge in [0.1, 0.15) is 0 Å². The predicted octanol–water partition coefficient (Wildman–Crippen LogP) is 0.0759. The van der Waals surface area contributed by atoms with Crippen molar-refractivity contribution in [2.75, 3.05) is 19.4 Å². The van der Waals surface area contributed by atoms with Crippen molar-refractivity contribution in [2.24, 2.45) is 5.73 Å². The fourth-order valence-electron chi connectivity index (χ4n) is 1.96. The van der Waals surface area contributed by atoms with Crippen molar-refractivity contribution in [1.29, 1.82) is 0 Å². The summed E-state index contributed by atoms with van der Waals surface area (Å²) < 4.78 is 23.6. The molecule has 1 aromatic rings. The fourth-order valence-corrected chi connectivity index (χ4v) is 2.66. The van der Waals surface area contributed by atoms with E-state index in [-0.39, 0.29) is 19.1 Å². The van der Waals surface area contributed by atoms with E-state index in [0.717, 1.165) is 16.3 Å². The van der Waals surface area contributed by atoms with Gasteiger partial charge in [-0.3, -0.25) is 9.63 Å². The van der Waals surface area contributed by atoms with Crippen LogP contribution in [0.2, 0.25) is 0 Å². The van der Waals surface area contributed by atoms with Crippen molar-refractivity contribution in [3.63, 3.8) is 0 Å². The number of carbonyl (C=O) groups is 1. The third-order valence-corrected chi connectivity index (χ3v) is 3.82. The first-order valence-electron chi connectivity index (χ1n) is 5.39. The molecule has 2 N–H and O–H groups in total. The lowest BCUT2D eigenvalue weighted by molar-refractivity contribution is -0.0281. The van der Waals surface area contributed by atoms with Gasteiger partial charge < -0.3 is 5.73 Å². The van der Waals surface area contributed by atoms with Crippen LogP contribution < -0.4 is 5.73 Å². The summed E-state index contributed by atoms with van der Waals surface area (Å²) in [5.41, 5.74) is 6.41. The Morgan fingerprint density at radius 1 is 1.44 bits per heavy atom. The van der Waals surface area contributed by atoms with Crippen molar-refractivity contribution in [3.05, 3.63) is 35.4 Å². The normalized spacial score (nSPS) is 21.1. The average Bonchev–Trinajstić information content (AvgIpc) is 2.77. The molecule has 0 aliphatic carbocycles. The van der Waals surface area contributed by atoms with Gasteiger partial charge in [0.2, 0.25) is 15.9 Å². The number of nitrogens with zero attached hydrogens (tertiary/aromatic N) is 1. The van der Waals surface area contributed by atoms with E-state index in [1.807, 2.05) is 0 Å². The monoisotopic (exact) mass is 270 g/mol. The van der Waals surface area contributed by atoms with Crippen molar-refractivity contribution in [2.45, 2.75) is 5.92 Å². The molecule has 1 saturated heterocycles. The second-order valence-corrected chi connectivity index (χ2v) is 6.07. The molecular weight excluding hydrogens is 256 g/mol. The molecule has 0 spiro atoms. The van der Waals surface area contributed by atoms with Gasteiger partial charge in [0.15, 0.2) is 0 Å². The molecule has 2 rings (SSSR count). The second kappa shape index (κ2) is 4.68. The summed E-state index contributed by atoms with van der Waals surface area (Å²) in [6.45, 7) is 0.417. The van der Waals surface area contributed by atoms with Crippen LogP contribution in [0.4, 0.5) is 0 Å². The number of rotatable bonds is 3. The number of amides is 1. The number of primary amides is 1. The van der Waals surface area contributed by atoms with Crippen molar-refractivity contribution >= 4 is 15.9 Å². The van der Waals surface area contributed by atoms with E-state index in [1.165, 1.54) is 0 Å². The van der Waals surface area contributed by atoms with Crippen molar-refractivity contribution < 1.29 is 18.0 Å². The van der Waals surface area contributed by atoms with Crippen LogP contribution in [0.3, 0.4) is 0 Å². The van der Waals surface area contributed by atoms with Gasteiger partial charge in [-0.25, -0.2) is 8.42 Å². The molecule has 6 nitrogen and oxygen atoms in total. The van der Waals surface area contributed by atoms with Crippen LogP contribution in [0.15, 0.2) is 24.3 Å². The Hall–Kier alpha value is -1.44. The first-order chi connectivity index (χ1) is 8.39. The van der Waals surface area contributed by atoms with E-state index in [2.05, 4.69) is 0 Å². The van der Waals surface area contributed by atoms with E-state index in [0.29, 0.717) is 5.56 Å². The first-order valence-corrected chi connectivity index (χ1v) is 7.24. The summed E-state index contributed by atoms with van der Waals surface area (Å²) in [7, 11) is -3.38. The molecule has 1 fully saturated rings. The maximum absolute atomic E-state index is 11.3. The Kier molecular flexibility index (Phi) is 3.38. The zero-order valence-corrected chi connectivity index (χ0v) is 10.7. The number of hydrogen-bond acceptors (Lipinski definition) is 4. The number of sulfonamides is 1. The van der Waals surface area contributed by atoms with Gasteiger partial charge in [0.25, 0.3) is 0 Å². The van der Waals surface area contributed by atoms with Gasteiger partial charge in [-0.1, -0.05) is 22.7 Å². The molecule has 0 bridgehead atoms. The lowest BCUT2D eigenvalue weighted by Gasteiger charge is -2.12. The maximum atomic E-state index is 11.3. The Morgan fingerprint density at radius 3 is 2.67 bits per heavy atom. The standard InChI is InChI=1S/C11H14N2O4S/c1-18(15,16)13-6-8(7-17-13)9-4-2-3-5-10(9)11(12)14/h2-5,8H,6-7H2,1H3,(H2,12,14)/t8-/m1/s1. The summed E-state index contributed by atoms with van der Waals surface area (Å²) in [5, 5.41) is 0. The van der Waals surface area contributed by atoms with E-state index in [4.69, 9.17) is 10.6 Å². The predicted molar refractivity (Wildman–Crippen MR) is 65.2 cm³/mol. The zero-order chi connectivity index (χ0) is 13.3. The molecule has 0 aromatic heterocycles. The smallest absolute Gasteiger partial charge is 0.248 e. The van der Waals surface area contributed by atoms with Crippen LogP contribution in [0.5, 0.6) is 0 Å². The van der Waals surface area contributed by atoms with E-state index >= 15 is 0 Å². The number of carbonyl (C=O) groups excluding carboxylic acids is 1. The summed E-state index contributed by atoms with van der Waals surface area (Å²) >= 11 is 0. The minimum atomic E-state index is -3.38. The van der Waals surface area contributed by atoms with Gasteiger partial charge in [-0.15, -0.1) is 0 Å². The molecule has 1 aliphatic heterocycles. The molecule has 0 saturated carbocycles. The second-order valence-electron chi connectivity index (χ2n) is 4.19. The topological polar surface area (TPSA) is 89.7 Å². The van der Waals surface area contributed by atoms with E-state index < -0.39 is 15.9 Å². The van der Waals surface area contributed by atoms with Crippen LogP contribution in [0, 0.1) is 0 Å². The molecule has 18 heavy (non-hydrogen) atoms. The lowest BCUT2D eigenvalue weighted by atomic mass is 9.95. The minimum absolute atomic E-state index is 0.177. The largest absolute Gasteiger partial charge is 0.366 e. The SMILES string of the molecule is CS(=O)(=O)N1C[C@@H](c2ccccc2C(N)=O)CO1. The first kappa shape index (κ1) is 13.0. The highest BCUT2D eigenvalue weighted by molar-refractivity contribution is 7.88. The fraction of sp³-hybridized carbons (Fsp3) is 0.364. The highest BCUT2D eigenvalue weighted by Crippen LogP contribution is 2.27. The van der Waals surface area contributed by atoms with Gasteiger partial charge in [0.05, 0.1) is 12.9 Å². The molecule has 1 heterocycles. The van der Waals surface area contributed by atoms with Gasteiger partial charge in [-0.05, 0) is 11.6 Å². The molecule has 7 heteroatoms. The van der Waals surface area contributed by atoms with E-state index in [9.17, 15) is 13.2 Å². The zero-order valence-electron chi connectivity index (χ0n) is 9.87. The van der Waals surface area contributed by atoms with E-state index in [1.54, 1.807) is 24.3 Å². The third kappa shape index (κ3) is 2.53. The summed E-state index contributed by atoms with van der Waals surface area (Å²) in [6.07, 6.45) is 1.08.